The Labute approximate surface area is 116 Å². The molecule has 0 aliphatic heterocycles. The minimum Gasteiger partial charge on any atom is -0.410 e. The second-order valence-corrected chi connectivity index (χ2v) is 4.43. The summed E-state index contributed by atoms with van der Waals surface area (Å²) < 4.78 is 31.4. The van der Waals surface area contributed by atoms with Crippen molar-refractivity contribution in [1.82, 2.24) is 0 Å². The molecule has 0 bridgehead atoms. The van der Waals surface area contributed by atoms with Gasteiger partial charge in [-0.25, -0.2) is 13.6 Å². The molecule has 1 amide bonds. The lowest BCUT2D eigenvalue weighted by molar-refractivity contribution is 0.215. The Morgan fingerprint density at radius 1 is 1.11 bits per heavy atom. The summed E-state index contributed by atoms with van der Waals surface area (Å²) in [5.41, 5.74) is -0.172. The summed E-state index contributed by atoms with van der Waals surface area (Å²) in [6.45, 7) is 0. The van der Waals surface area contributed by atoms with Crippen LogP contribution >= 0.6 is 15.9 Å². The van der Waals surface area contributed by atoms with Crippen LogP contribution in [-0.2, 0) is 0 Å². The van der Waals surface area contributed by atoms with Gasteiger partial charge in [0, 0.05) is 6.07 Å². The Morgan fingerprint density at radius 2 is 1.79 bits per heavy atom. The highest BCUT2D eigenvalue weighted by Crippen LogP contribution is 2.24. The molecule has 0 unspecified atom stereocenters. The molecule has 2 aromatic carbocycles. The monoisotopic (exact) mass is 327 g/mol. The summed E-state index contributed by atoms with van der Waals surface area (Å²) in [6.07, 6.45) is -0.858. The molecule has 6 heteroatoms. The van der Waals surface area contributed by atoms with Gasteiger partial charge in [-0.1, -0.05) is 18.2 Å². The smallest absolute Gasteiger partial charge is 0.410 e. The molecular formula is C13H8BrF2NO2. The number of anilines is 1. The lowest BCUT2D eigenvalue weighted by Crippen LogP contribution is -2.17. The van der Waals surface area contributed by atoms with Crippen LogP contribution in [0.5, 0.6) is 5.75 Å². The number of hydrogen-bond acceptors (Lipinski definition) is 2. The first-order valence-corrected chi connectivity index (χ1v) is 6.04. The van der Waals surface area contributed by atoms with Gasteiger partial charge < -0.3 is 4.74 Å². The molecule has 0 aromatic heterocycles. The van der Waals surface area contributed by atoms with Crippen molar-refractivity contribution < 1.29 is 18.3 Å². The minimum atomic E-state index is -0.884. The maximum Gasteiger partial charge on any atom is 0.417 e. The summed E-state index contributed by atoms with van der Waals surface area (Å²) in [7, 11) is 0. The van der Waals surface area contributed by atoms with Crippen LogP contribution in [-0.4, -0.2) is 6.09 Å². The highest BCUT2D eigenvalue weighted by Gasteiger charge is 2.12. The van der Waals surface area contributed by atoms with Crippen LogP contribution in [0, 0.1) is 11.6 Å². The largest absolute Gasteiger partial charge is 0.417 e. The SMILES string of the molecule is O=C(Nc1cc(Br)c(F)cc1F)Oc1ccccc1. The van der Waals surface area contributed by atoms with Crippen LogP contribution < -0.4 is 10.1 Å². The van der Waals surface area contributed by atoms with E-state index in [0.717, 1.165) is 6.07 Å². The number of ether oxygens (including phenoxy) is 1. The van der Waals surface area contributed by atoms with Crippen LogP contribution in [0.2, 0.25) is 0 Å². The van der Waals surface area contributed by atoms with Crippen molar-refractivity contribution in [3.63, 3.8) is 0 Å². The van der Waals surface area contributed by atoms with Gasteiger partial charge in [-0.2, -0.15) is 0 Å². The third-order valence-corrected chi connectivity index (χ3v) is 2.81. The van der Waals surface area contributed by atoms with Crippen LogP contribution in [0.3, 0.4) is 0 Å². The molecule has 0 saturated carbocycles. The van der Waals surface area contributed by atoms with Gasteiger partial charge in [-0.15, -0.1) is 0 Å². The molecule has 0 fully saturated rings. The molecule has 0 saturated heterocycles. The van der Waals surface area contributed by atoms with Crippen molar-refractivity contribution in [2.45, 2.75) is 0 Å². The second kappa shape index (κ2) is 5.79. The maximum absolute atomic E-state index is 13.4. The molecule has 0 radical (unpaired) electrons. The summed E-state index contributed by atoms with van der Waals surface area (Å²) in [5.74, 6) is -1.31. The highest BCUT2D eigenvalue weighted by atomic mass is 79.9. The van der Waals surface area contributed by atoms with Crippen LogP contribution in [0.25, 0.3) is 0 Å². The van der Waals surface area contributed by atoms with Gasteiger partial charge in [0.25, 0.3) is 0 Å². The zero-order valence-electron chi connectivity index (χ0n) is 9.49. The average Bonchev–Trinajstić information content (AvgIpc) is 2.37. The minimum absolute atomic E-state index is 0.0453. The zero-order valence-corrected chi connectivity index (χ0v) is 11.1. The van der Waals surface area contributed by atoms with E-state index in [1.165, 1.54) is 0 Å². The van der Waals surface area contributed by atoms with Gasteiger partial charge >= 0.3 is 6.09 Å². The Morgan fingerprint density at radius 3 is 2.47 bits per heavy atom. The zero-order chi connectivity index (χ0) is 13.8. The van der Waals surface area contributed by atoms with Crippen molar-refractivity contribution in [3.05, 3.63) is 58.6 Å². The van der Waals surface area contributed by atoms with E-state index in [-0.39, 0.29) is 10.2 Å². The van der Waals surface area contributed by atoms with E-state index >= 15 is 0 Å². The number of carbonyl (C=O) groups is 1. The number of benzene rings is 2. The molecular weight excluding hydrogens is 320 g/mol. The Kier molecular flexibility index (Phi) is 4.11. The number of halogens is 3. The first-order chi connectivity index (χ1) is 9.06. The molecule has 0 atom stereocenters. The number of carbonyl (C=O) groups excluding carboxylic acids is 1. The van der Waals surface area contributed by atoms with E-state index in [1.807, 2.05) is 0 Å². The molecule has 98 valence electrons. The van der Waals surface area contributed by atoms with E-state index in [1.54, 1.807) is 30.3 Å². The molecule has 0 aliphatic carbocycles. The van der Waals surface area contributed by atoms with Crippen LogP contribution in [0.4, 0.5) is 19.3 Å². The normalized spacial score (nSPS) is 10.1. The Balaban J connectivity index is 2.09. The van der Waals surface area contributed by atoms with Gasteiger partial charge in [0.1, 0.15) is 17.4 Å². The summed E-state index contributed by atoms with van der Waals surface area (Å²) in [6, 6.07) is 10.1. The van der Waals surface area contributed by atoms with Gasteiger partial charge in [0.2, 0.25) is 0 Å². The molecule has 19 heavy (non-hydrogen) atoms. The topological polar surface area (TPSA) is 38.3 Å². The lowest BCUT2D eigenvalue weighted by atomic mass is 10.3. The summed E-state index contributed by atoms with van der Waals surface area (Å²) >= 11 is 2.90. The van der Waals surface area contributed by atoms with Gasteiger partial charge in [-0.05, 0) is 34.1 Å². The van der Waals surface area contributed by atoms with E-state index in [9.17, 15) is 13.6 Å². The van der Waals surface area contributed by atoms with Gasteiger partial charge in [-0.3, -0.25) is 5.32 Å². The molecule has 0 aliphatic rings. The standard InChI is InChI=1S/C13H8BrF2NO2/c14-9-6-12(11(16)7-10(9)15)17-13(18)19-8-4-2-1-3-5-8/h1-7H,(H,17,18). The lowest BCUT2D eigenvalue weighted by Gasteiger charge is -2.08. The van der Waals surface area contributed by atoms with E-state index in [4.69, 9.17) is 4.74 Å². The fourth-order valence-corrected chi connectivity index (χ4v) is 1.69. The summed E-state index contributed by atoms with van der Waals surface area (Å²) in [4.78, 5) is 11.5. The fraction of sp³-hybridized carbons (Fsp3) is 0. The van der Waals surface area contributed by atoms with Crippen LogP contribution in [0.1, 0.15) is 0 Å². The van der Waals surface area contributed by atoms with Crippen LogP contribution in [0.15, 0.2) is 46.9 Å². The predicted octanol–water partition coefficient (Wildman–Crippen LogP) is 4.34. The Hall–Kier alpha value is -1.95. The second-order valence-electron chi connectivity index (χ2n) is 3.57. The van der Waals surface area contributed by atoms with Crippen molar-refractivity contribution in [2.24, 2.45) is 0 Å². The number of rotatable bonds is 2. The van der Waals surface area contributed by atoms with Crippen molar-refractivity contribution >= 4 is 27.7 Å². The van der Waals surface area contributed by atoms with Crippen molar-refractivity contribution in [2.75, 3.05) is 5.32 Å². The summed E-state index contributed by atoms with van der Waals surface area (Å²) in [5, 5.41) is 2.19. The quantitative estimate of drug-likeness (QED) is 0.833. The number of nitrogens with one attached hydrogen (secondary N) is 1. The predicted molar refractivity (Wildman–Crippen MR) is 70.1 cm³/mol. The number of hydrogen-bond donors (Lipinski definition) is 1. The number of amides is 1. The molecule has 0 heterocycles. The van der Waals surface area contributed by atoms with Crippen molar-refractivity contribution in [1.29, 1.82) is 0 Å². The molecule has 2 aromatic rings. The maximum atomic E-state index is 13.4. The molecule has 1 N–H and O–H groups in total. The fourth-order valence-electron chi connectivity index (χ4n) is 1.35. The van der Waals surface area contributed by atoms with E-state index in [0.29, 0.717) is 11.8 Å². The third-order valence-electron chi connectivity index (χ3n) is 2.20. The first kappa shape index (κ1) is 13.5. The van der Waals surface area contributed by atoms with E-state index < -0.39 is 17.7 Å². The molecule has 2 rings (SSSR count). The highest BCUT2D eigenvalue weighted by molar-refractivity contribution is 9.10. The van der Waals surface area contributed by atoms with Gasteiger partial charge in [0.15, 0.2) is 0 Å². The molecule has 3 nitrogen and oxygen atoms in total. The van der Waals surface area contributed by atoms with Gasteiger partial charge in [0.05, 0.1) is 10.2 Å². The van der Waals surface area contributed by atoms with Crippen molar-refractivity contribution in [3.8, 4) is 5.75 Å². The third kappa shape index (κ3) is 3.51. The molecule has 0 spiro atoms. The Bertz CT molecular complexity index is 605. The van der Waals surface area contributed by atoms with E-state index in [2.05, 4.69) is 21.2 Å². The average molecular weight is 328 g/mol. The number of para-hydroxylation sites is 1. The first-order valence-electron chi connectivity index (χ1n) is 5.24.